The molecule has 0 aromatic heterocycles. The van der Waals surface area contributed by atoms with E-state index in [0.29, 0.717) is 13.0 Å². The molecule has 19 heavy (non-hydrogen) atoms. The number of aliphatic carboxylic acids is 1. The Morgan fingerprint density at radius 1 is 1.21 bits per heavy atom. The number of fused-ring (bicyclic) bond motifs is 1. The molecule has 2 N–H and O–H groups in total. The lowest BCUT2D eigenvalue weighted by atomic mass is 10.1. The van der Waals surface area contributed by atoms with Crippen LogP contribution in [-0.2, 0) is 4.79 Å². The highest BCUT2D eigenvalue weighted by Crippen LogP contribution is 2.19. The van der Waals surface area contributed by atoms with Gasteiger partial charge in [-0.05, 0) is 29.3 Å². The molecule has 0 saturated carbocycles. The Hall–Kier alpha value is -2.07. The fourth-order valence-electron chi connectivity index (χ4n) is 2.00. The summed E-state index contributed by atoms with van der Waals surface area (Å²) in [6.45, 7) is 0.694. The maximum Gasteiger partial charge on any atom is 0.303 e. The van der Waals surface area contributed by atoms with E-state index in [2.05, 4.69) is 29.7 Å². The Morgan fingerprint density at radius 3 is 2.68 bits per heavy atom. The Kier molecular flexibility index (Phi) is 4.36. The van der Waals surface area contributed by atoms with Gasteiger partial charge in [-0.25, -0.2) is 5.01 Å². The maximum absolute atomic E-state index is 10.4. The molecule has 0 aliphatic heterocycles. The van der Waals surface area contributed by atoms with Gasteiger partial charge in [-0.15, -0.1) is 0 Å². The van der Waals surface area contributed by atoms with Crippen LogP contribution in [0.1, 0.15) is 12.8 Å². The van der Waals surface area contributed by atoms with Gasteiger partial charge in [-0.2, -0.15) is 0 Å². The zero-order valence-corrected chi connectivity index (χ0v) is 11.0. The quantitative estimate of drug-likeness (QED) is 0.782. The average molecular weight is 258 g/mol. The van der Waals surface area contributed by atoms with Crippen molar-refractivity contribution in [2.75, 3.05) is 19.0 Å². The number of rotatable bonds is 6. The van der Waals surface area contributed by atoms with Crippen LogP contribution in [0, 0.1) is 0 Å². The Labute approximate surface area is 112 Å². The molecule has 0 spiro atoms. The van der Waals surface area contributed by atoms with Crippen LogP contribution in [0.2, 0.25) is 0 Å². The summed E-state index contributed by atoms with van der Waals surface area (Å²) in [5, 5.41) is 12.9. The van der Waals surface area contributed by atoms with Gasteiger partial charge in [0.2, 0.25) is 0 Å². The van der Waals surface area contributed by atoms with Crippen molar-refractivity contribution < 1.29 is 9.90 Å². The first kappa shape index (κ1) is 13.4. The molecule has 0 aliphatic carbocycles. The van der Waals surface area contributed by atoms with E-state index in [9.17, 15) is 4.79 Å². The molecule has 0 radical (unpaired) electrons. The standard InChI is InChI=1S/C15H18N2O2/c1-17(10-4-7-15(18)19)16-14-9-8-12-5-2-3-6-13(12)11-14/h2-3,5-6,8-9,11,16H,4,7,10H2,1H3,(H,18,19). The van der Waals surface area contributed by atoms with E-state index in [1.54, 1.807) is 0 Å². The normalized spacial score (nSPS) is 10.8. The first-order valence-corrected chi connectivity index (χ1v) is 6.33. The molecule has 2 rings (SSSR count). The number of hydrazine groups is 1. The number of anilines is 1. The van der Waals surface area contributed by atoms with Gasteiger partial charge in [0.05, 0.1) is 0 Å². The van der Waals surface area contributed by atoms with Crippen molar-refractivity contribution in [2.45, 2.75) is 12.8 Å². The molecule has 4 heteroatoms. The van der Waals surface area contributed by atoms with Crippen LogP contribution in [0.5, 0.6) is 0 Å². The van der Waals surface area contributed by atoms with E-state index < -0.39 is 5.97 Å². The number of hydrogen-bond donors (Lipinski definition) is 2. The molecular weight excluding hydrogens is 240 g/mol. The Morgan fingerprint density at radius 2 is 1.95 bits per heavy atom. The number of benzene rings is 2. The Balaban J connectivity index is 1.95. The molecule has 2 aromatic rings. The van der Waals surface area contributed by atoms with E-state index in [4.69, 9.17) is 5.11 Å². The topological polar surface area (TPSA) is 52.6 Å². The lowest BCUT2D eigenvalue weighted by Gasteiger charge is -2.19. The molecule has 0 atom stereocenters. The molecule has 0 heterocycles. The van der Waals surface area contributed by atoms with Crippen LogP contribution in [0.4, 0.5) is 5.69 Å². The molecule has 0 saturated heterocycles. The lowest BCUT2D eigenvalue weighted by molar-refractivity contribution is -0.137. The molecule has 0 aliphatic rings. The third-order valence-corrected chi connectivity index (χ3v) is 2.95. The third kappa shape index (κ3) is 3.96. The minimum absolute atomic E-state index is 0.198. The van der Waals surface area contributed by atoms with Gasteiger partial charge in [-0.1, -0.05) is 30.3 Å². The molecule has 4 nitrogen and oxygen atoms in total. The minimum atomic E-state index is -0.751. The van der Waals surface area contributed by atoms with E-state index in [1.807, 2.05) is 30.3 Å². The van der Waals surface area contributed by atoms with Crippen molar-refractivity contribution in [1.29, 1.82) is 0 Å². The van der Waals surface area contributed by atoms with Crippen molar-refractivity contribution in [3.63, 3.8) is 0 Å². The number of nitrogens with zero attached hydrogens (tertiary/aromatic N) is 1. The van der Waals surface area contributed by atoms with Gasteiger partial charge < -0.3 is 10.5 Å². The summed E-state index contributed by atoms with van der Waals surface area (Å²) in [5.74, 6) is -0.751. The molecular formula is C15H18N2O2. The van der Waals surface area contributed by atoms with Crippen LogP contribution < -0.4 is 5.43 Å². The summed E-state index contributed by atoms with van der Waals surface area (Å²) < 4.78 is 0. The predicted octanol–water partition coefficient (Wildman–Crippen LogP) is 2.96. The smallest absolute Gasteiger partial charge is 0.303 e. The molecule has 0 bridgehead atoms. The van der Waals surface area contributed by atoms with Crippen molar-refractivity contribution in [1.82, 2.24) is 5.01 Å². The lowest BCUT2D eigenvalue weighted by Crippen LogP contribution is -2.26. The van der Waals surface area contributed by atoms with Gasteiger partial charge in [-0.3, -0.25) is 4.79 Å². The second-order valence-corrected chi connectivity index (χ2v) is 4.59. The van der Waals surface area contributed by atoms with Crippen molar-refractivity contribution >= 4 is 22.4 Å². The van der Waals surface area contributed by atoms with Crippen LogP contribution in [-0.4, -0.2) is 29.7 Å². The third-order valence-electron chi connectivity index (χ3n) is 2.95. The fraction of sp³-hybridized carbons (Fsp3) is 0.267. The highest BCUT2D eigenvalue weighted by atomic mass is 16.4. The summed E-state index contributed by atoms with van der Waals surface area (Å²) in [6, 6.07) is 14.4. The molecule has 2 aromatic carbocycles. The fourth-order valence-corrected chi connectivity index (χ4v) is 2.00. The van der Waals surface area contributed by atoms with Crippen molar-refractivity contribution in [2.24, 2.45) is 0 Å². The van der Waals surface area contributed by atoms with Gasteiger partial charge in [0.1, 0.15) is 0 Å². The summed E-state index contributed by atoms with van der Waals surface area (Å²) in [4.78, 5) is 10.4. The summed E-state index contributed by atoms with van der Waals surface area (Å²) in [7, 11) is 1.91. The van der Waals surface area contributed by atoms with Crippen LogP contribution >= 0.6 is 0 Å². The number of carboxylic acids is 1. The van der Waals surface area contributed by atoms with Gasteiger partial charge >= 0.3 is 5.97 Å². The first-order valence-electron chi connectivity index (χ1n) is 6.33. The van der Waals surface area contributed by atoms with Gasteiger partial charge in [0.25, 0.3) is 0 Å². The van der Waals surface area contributed by atoms with E-state index in [-0.39, 0.29) is 6.42 Å². The molecule has 0 unspecified atom stereocenters. The first-order chi connectivity index (χ1) is 9.15. The van der Waals surface area contributed by atoms with Crippen molar-refractivity contribution in [3.05, 3.63) is 42.5 Å². The number of nitrogens with one attached hydrogen (secondary N) is 1. The molecule has 0 fully saturated rings. The van der Waals surface area contributed by atoms with Gasteiger partial charge in [0.15, 0.2) is 0 Å². The minimum Gasteiger partial charge on any atom is -0.481 e. The predicted molar refractivity (Wildman–Crippen MR) is 77.1 cm³/mol. The summed E-state index contributed by atoms with van der Waals surface area (Å²) >= 11 is 0. The highest BCUT2D eigenvalue weighted by molar-refractivity contribution is 5.85. The zero-order valence-electron chi connectivity index (χ0n) is 11.0. The van der Waals surface area contributed by atoms with Gasteiger partial charge in [0, 0.05) is 25.7 Å². The number of carboxylic acid groups (broad SMARTS) is 1. The molecule has 0 amide bonds. The van der Waals surface area contributed by atoms with E-state index in [0.717, 1.165) is 5.69 Å². The average Bonchev–Trinajstić information content (AvgIpc) is 2.38. The van der Waals surface area contributed by atoms with Crippen LogP contribution in [0.15, 0.2) is 42.5 Å². The monoisotopic (exact) mass is 258 g/mol. The highest BCUT2D eigenvalue weighted by Gasteiger charge is 2.02. The number of hydrogen-bond acceptors (Lipinski definition) is 3. The molecule has 100 valence electrons. The zero-order chi connectivity index (χ0) is 13.7. The second kappa shape index (κ2) is 6.20. The van der Waals surface area contributed by atoms with E-state index in [1.165, 1.54) is 10.8 Å². The maximum atomic E-state index is 10.4. The van der Waals surface area contributed by atoms with Crippen LogP contribution in [0.3, 0.4) is 0 Å². The van der Waals surface area contributed by atoms with E-state index >= 15 is 0 Å². The SMILES string of the molecule is CN(CCCC(=O)O)Nc1ccc2ccccc2c1. The van der Waals surface area contributed by atoms with Crippen LogP contribution in [0.25, 0.3) is 10.8 Å². The van der Waals surface area contributed by atoms with Crippen molar-refractivity contribution in [3.8, 4) is 0 Å². The Bertz CT molecular complexity index is 569. The largest absolute Gasteiger partial charge is 0.481 e. The summed E-state index contributed by atoms with van der Waals surface area (Å²) in [5.41, 5.74) is 4.26. The number of carbonyl (C=O) groups is 1. The second-order valence-electron chi connectivity index (χ2n) is 4.59. The summed E-state index contributed by atoms with van der Waals surface area (Å²) in [6.07, 6.45) is 0.830.